The minimum absolute atomic E-state index is 0.325. The van der Waals surface area contributed by atoms with Crippen LogP contribution in [-0.2, 0) is 17.6 Å². The second-order valence-electron chi connectivity index (χ2n) is 2.64. The first-order valence-corrected chi connectivity index (χ1v) is 5.37. The zero-order valence-corrected chi connectivity index (χ0v) is 8.05. The summed E-state index contributed by atoms with van der Waals surface area (Å²) in [7, 11) is 0. The van der Waals surface area contributed by atoms with Gasteiger partial charge in [0.25, 0.3) is 0 Å². The average molecular weight is 203 g/mol. The Morgan fingerprint density at radius 3 is 3.08 bits per heavy atom. The van der Waals surface area contributed by atoms with Crippen molar-refractivity contribution >= 4 is 11.1 Å². The first kappa shape index (κ1) is 10.4. The van der Waals surface area contributed by atoms with Gasteiger partial charge in [-0.25, -0.2) is 4.21 Å². The first-order valence-electron chi connectivity index (χ1n) is 4.09. The summed E-state index contributed by atoms with van der Waals surface area (Å²) in [4.78, 5) is 0. The largest absolute Gasteiger partial charge is 0.468 e. The van der Waals surface area contributed by atoms with E-state index in [2.05, 4.69) is 5.32 Å². The minimum Gasteiger partial charge on any atom is -0.468 e. The third-order valence-corrected chi connectivity index (χ3v) is 2.19. The minimum atomic E-state index is -1.67. The molecule has 0 saturated heterocycles. The summed E-state index contributed by atoms with van der Waals surface area (Å²) in [6.07, 6.45) is 2.32. The Hall–Kier alpha value is -0.650. The Balaban J connectivity index is 1.99. The number of furan rings is 1. The maximum Gasteiger partial charge on any atom is 0.152 e. The highest BCUT2D eigenvalue weighted by Crippen LogP contribution is 1.98. The third kappa shape index (κ3) is 4.82. The third-order valence-electron chi connectivity index (χ3n) is 1.55. The molecule has 74 valence electrons. The van der Waals surface area contributed by atoms with Crippen LogP contribution < -0.4 is 5.32 Å². The second kappa shape index (κ2) is 5.90. The van der Waals surface area contributed by atoms with Gasteiger partial charge in [-0.2, -0.15) is 0 Å². The molecular weight excluding hydrogens is 190 g/mol. The van der Waals surface area contributed by atoms with Crippen molar-refractivity contribution in [2.75, 3.05) is 12.3 Å². The molecule has 5 heteroatoms. The average Bonchev–Trinajstić information content (AvgIpc) is 2.55. The molecule has 1 aromatic rings. The van der Waals surface area contributed by atoms with E-state index in [1.165, 1.54) is 0 Å². The van der Waals surface area contributed by atoms with Gasteiger partial charge in [-0.1, -0.05) is 0 Å². The van der Waals surface area contributed by atoms with Crippen LogP contribution in [0.25, 0.3) is 0 Å². The summed E-state index contributed by atoms with van der Waals surface area (Å²) >= 11 is -1.67. The maximum absolute atomic E-state index is 10.3. The van der Waals surface area contributed by atoms with Crippen LogP contribution in [0.2, 0.25) is 0 Å². The summed E-state index contributed by atoms with van der Waals surface area (Å²) in [6.45, 7) is 1.40. The molecule has 1 atom stereocenters. The summed E-state index contributed by atoms with van der Waals surface area (Å²) in [6, 6.07) is 3.72. The fraction of sp³-hybridized carbons (Fsp3) is 0.500. The van der Waals surface area contributed by atoms with Crippen LogP contribution in [0.3, 0.4) is 0 Å². The second-order valence-corrected chi connectivity index (χ2v) is 3.69. The number of hydrogen-bond donors (Lipinski definition) is 2. The van der Waals surface area contributed by atoms with Crippen molar-refractivity contribution in [3.8, 4) is 0 Å². The van der Waals surface area contributed by atoms with E-state index in [1.807, 2.05) is 12.1 Å². The highest BCUT2D eigenvalue weighted by atomic mass is 32.2. The van der Waals surface area contributed by atoms with Gasteiger partial charge in [0.2, 0.25) is 0 Å². The lowest BCUT2D eigenvalue weighted by Crippen LogP contribution is -2.16. The zero-order chi connectivity index (χ0) is 9.52. The van der Waals surface area contributed by atoms with Crippen LogP contribution in [-0.4, -0.2) is 21.1 Å². The molecule has 0 radical (unpaired) electrons. The van der Waals surface area contributed by atoms with Crippen molar-refractivity contribution in [3.05, 3.63) is 24.2 Å². The highest BCUT2D eigenvalue weighted by molar-refractivity contribution is 7.79. The van der Waals surface area contributed by atoms with E-state index in [1.54, 1.807) is 6.26 Å². The van der Waals surface area contributed by atoms with Crippen molar-refractivity contribution in [3.63, 3.8) is 0 Å². The fourth-order valence-corrected chi connectivity index (χ4v) is 1.34. The van der Waals surface area contributed by atoms with Gasteiger partial charge < -0.3 is 14.3 Å². The topological polar surface area (TPSA) is 62.5 Å². The van der Waals surface area contributed by atoms with E-state index in [4.69, 9.17) is 8.97 Å². The highest BCUT2D eigenvalue weighted by Gasteiger charge is 1.95. The van der Waals surface area contributed by atoms with Crippen molar-refractivity contribution in [1.29, 1.82) is 0 Å². The van der Waals surface area contributed by atoms with Gasteiger partial charge in [-0.05, 0) is 25.1 Å². The molecule has 0 aromatic carbocycles. The maximum atomic E-state index is 10.3. The van der Waals surface area contributed by atoms with Crippen molar-refractivity contribution in [2.24, 2.45) is 0 Å². The van der Waals surface area contributed by atoms with Crippen LogP contribution in [0.1, 0.15) is 12.2 Å². The Kier molecular flexibility index (Phi) is 4.74. The molecule has 0 aliphatic carbocycles. The lowest BCUT2D eigenvalue weighted by atomic mass is 10.4. The number of hydrogen-bond acceptors (Lipinski definition) is 3. The normalized spacial score (nSPS) is 13.0. The number of rotatable bonds is 6. The van der Waals surface area contributed by atoms with Gasteiger partial charge in [0.1, 0.15) is 5.76 Å². The van der Waals surface area contributed by atoms with Crippen molar-refractivity contribution in [2.45, 2.75) is 13.0 Å². The standard InChI is InChI=1S/C8H13NO3S/c10-13(11)6-2-4-9-7-8-3-1-5-12-8/h1,3,5,9H,2,4,6-7H2,(H,10,11). The smallest absolute Gasteiger partial charge is 0.152 e. The predicted molar refractivity (Wildman–Crippen MR) is 50.7 cm³/mol. The van der Waals surface area contributed by atoms with E-state index < -0.39 is 11.1 Å². The van der Waals surface area contributed by atoms with E-state index in [9.17, 15) is 4.21 Å². The molecule has 0 aliphatic heterocycles. The molecule has 0 aliphatic rings. The van der Waals surface area contributed by atoms with E-state index in [0.717, 1.165) is 12.3 Å². The van der Waals surface area contributed by atoms with Crippen LogP contribution in [0.5, 0.6) is 0 Å². The molecule has 0 amide bonds. The molecule has 13 heavy (non-hydrogen) atoms. The van der Waals surface area contributed by atoms with Crippen LogP contribution in [0.15, 0.2) is 22.8 Å². The molecule has 0 bridgehead atoms. The molecule has 0 spiro atoms. The molecule has 1 heterocycles. The molecule has 2 N–H and O–H groups in total. The van der Waals surface area contributed by atoms with Crippen molar-refractivity contribution < 1.29 is 13.2 Å². The van der Waals surface area contributed by atoms with Gasteiger partial charge in [0.05, 0.1) is 18.6 Å². The van der Waals surface area contributed by atoms with Crippen LogP contribution in [0, 0.1) is 0 Å². The summed E-state index contributed by atoms with van der Waals surface area (Å²) in [5.74, 6) is 1.20. The Bertz CT molecular complexity index is 248. The predicted octanol–water partition coefficient (Wildman–Crippen LogP) is 0.981. The molecule has 1 rings (SSSR count). The molecule has 1 aromatic heterocycles. The molecule has 0 saturated carbocycles. The first-order chi connectivity index (χ1) is 6.29. The van der Waals surface area contributed by atoms with Gasteiger partial charge in [0.15, 0.2) is 11.1 Å². The van der Waals surface area contributed by atoms with Gasteiger partial charge in [0, 0.05) is 0 Å². The van der Waals surface area contributed by atoms with Gasteiger partial charge in [-0.3, -0.25) is 0 Å². The van der Waals surface area contributed by atoms with Gasteiger partial charge >= 0.3 is 0 Å². The Morgan fingerprint density at radius 1 is 1.62 bits per heavy atom. The monoisotopic (exact) mass is 203 g/mol. The summed E-state index contributed by atoms with van der Waals surface area (Å²) in [5.41, 5.74) is 0. The molecule has 1 unspecified atom stereocenters. The van der Waals surface area contributed by atoms with E-state index in [0.29, 0.717) is 18.7 Å². The molecule has 0 fully saturated rings. The fourth-order valence-electron chi connectivity index (χ4n) is 0.945. The SMILES string of the molecule is O=S(O)CCCNCc1ccco1. The lowest BCUT2D eigenvalue weighted by Gasteiger charge is -2.00. The lowest BCUT2D eigenvalue weighted by molar-refractivity contribution is 0.482. The number of nitrogens with one attached hydrogen (secondary N) is 1. The summed E-state index contributed by atoms with van der Waals surface area (Å²) < 4.78 is 23.8. The summed E-state index contributed by atoms with van der Waals surface area (Å²) in [5, 5.41) is 3.10. The van der Waals surface area contributed by atoms with E-state index >= 15 is 0 Å². The van der Waals surface area contributed by atoms with Crippen molar-refractivity contribution in [1.82, 2.24) is 5.32 Å². The van der Waals surface area contributed by atoms with E-state index in [-0.39, 0.29) is 0 Å². The Labute approximate surface area is 79.6 Å². The van der Waals surface area contributed by atoms with Gasteiger partial charge in [-0.15, -0.1) is 0 Å². The Morgan fingerprint density at radius 2 is 2.46 bits per heavy atom. The van der Waals surface area contributed by atoms with Crippen LogP contribution in [0.4, 0.5) is 0 Å². The zero-order valence-electron chi connectivity index (χ0n) is 7.23. The molecule has 4 nitrogen and oxygen atoms in total. The molecular formula is C8H13NO3S. The quantitative estimate of drug-likeness (QED) is 0.534. The van der Waals surface area contributed by atoms with Crippen LogP contribution >= 0.6 is 0 Å².